The van der Waals surface area contributed by atoms with Crippen molar-refractivity contribution in [3.05, 3.63) is 262 Å². The van der Waals surface area contributed by atoms with E-state index in [0.717, 1.165) is 105 Å². The van der Waals surface area contributed by atoms with Crippen molar-refractivity contribution in [3.8, 4) is 44.5 Å². The van der Waals surface area contributed by atoms with Gasteiger partial charge in [-0.25, -0.2) is 64.5 Å². The molecule has 0 spiro atoms. The number of rotatable bonds is 26. The van der Waals surface area contributed by atoms with E-state index in [9.17, 15) is 65.9 Å². The van der Waals surface area contributed by atoms with Crippen molar-refractivity contribution in [1.29, 1.82) is 0 Å². The Kier molecular flexibility index (Phi) is 32.1. The summed E-state index contributed by atoms with van der Waals surface area (Å²) in [6.07, 6.45) is 6.49. The Morgan fingerprint density at radius 1 is 0.436 bits per heavy atom. The number of halogens is 4. The second-order valence-electron chi connectivity index (χ2n) is 32.5. The van der Waals surface area contributed by atoms with Crippen LogP contribution in [0.1, 0.15) is 154 Å². The molecule has 0 saturated carbocycles. The van der Waals surface area contributed by atoms with Gasteiger partial charge >= 0.3 is 32.6 Å². The van der Waals surface area contributed by atoms with Crippen molar-refractivity contribution < 1.29 is 97.0 Å². The van der Waals surface area contributed by atoms with Crippen LogP contribution in [0, 0.1) is 23.8 Å². The number of nitrogens with zero attached hydrogens (tertiary/aromatic N) is 18. The molecule has 4 aromatic carbocycles. The van der Waals surface area contributed by atoms with Gasteiger partial charge in [0.1, 0.15) is 31.2 Å². The molecule has 17 aromatic rings. The first kappa shape index (κ1) is 104. The fourth-order valence-electron chi connectivity index (χ4n) is 12.1. The van der Waals surface area contributed by atoms with Crippen LogP contribution in [0.3, 0.4) is 0 Å². The van der Waals surface area contributed by atoms with E-state index in [1.165, 1.54) is 102 Å². The van der Waals surface area contributed by atoms with E-state index < -0.39 is 93.6 Å². The van der Waals surface area contributed by atoms with Crippen molar-refractivity contribution in [2.75, 3.05) is 19.0 Å². The number of pyridine rings is 5. The van der Waals surface area contributed by atoms with Crippen LogP contribution in [0.2, 0.25) is 0 Å². The van der Waals surface area contributed by atoms with E-state index in [-0.39, 0.29) is 73.4 Å². The maximum Gasteiger partial charge on any atom is 0.474 e. The quantitative estimate of drug-likeness (QED) is 0.0138. The average Bonchev–Trinajstić information content (AvgIpc) is 1.64. The van der Waals surface area contributed by atoms with Crippen molar-refractivity contribution in [2.24, 2.45) is 16.0 Å². The van der Waals surface area contributed by atoms with E-state index in [1.807, 2.05) is 116 Å². The molecular weight excluding hydrogens is 1990 g/mol. The number of fused-ring (bicyclic) bond motifs is 4. The van der Waals surface area contributed by atoms with E-state index in [1.54, 1.807) is 100 Å². The molecule has 12 N–H and O–H groups in total. The minimum Gasteiger partial charge on any atom is -0.443 e. The van der Waals surface area contributed by atoms with Gasteiger partial charge in [0.15, 0.2) is 18.0 Å². The van der Waals surface area contributed by atoms with Crippen LogP contribution in [0.5, 0.6) is 0 Å². The molecule has 0 aliphatic rings. The Morgan fingerprint density at radius 2 is 0.757 bits per heavy atom. The summed E-state index contributed by atoms with van der Waals surface area (Å²) in [5.74, 6) is -1.46. The molecule has 0 aliphatic carbocycles. The zero-order chi connectivity index (χ0) is 101. The molecular formula is C85H87F4N26O17S8+. The number of ether oxygens (including phenoxy) is 2. The molecule has 4 atom stereocenters. The standard InChI is InChI=1S/C22H23FN6O5S2.C17H15FN6O4S2.C17H15FN6O3S2.C17H14FN5OS.C12H19N3O4S/c1-12(19-28-27-18(33-19)11-25-36(31,32)29-21(30)34-22(2,3)4)20-26-15-7-5-13(9-16(15)35-20)14-6-8-17(23)24-10-14;1-17(25,15-24-23-14(28-15)8-21-30(19,26)27)16-22-11-4-2-9(6-12(11)29-16)10-3-5-13(18)20-7-10;1-9(16-24-23-15(27-16)8-21-29(19,25)26)17-22-12-4-2-10(6-13(12)28-17)11-3-5-14(18)20-7-11;1-9(16-23-22-15(7-19)24-16)17-21-12-4-2-10(6-13(12)25-17)11-3-5-14(18)20-8-11;1-12(2,3)19-11(16)13-20(17,18)15-8-6-10(7-9-15)14(4)5/h5-10,12,25H,11H2,1-4H3,(H,29,30);2-7,21,25H,8H2,1H3,(H2,19,26,27);2-7,9,21H,8H2,1H3,(H2,19,25,26);2-6,8-9H,7,19H2,1H3;6-9H,1-5H3/p+1. The minimum atomic E-state index is -4.20. The Labute approximate surface area is 811 Å². The Morgan fingerprint density at radius 3 is 1.09 bits per heavy atom. The number of nitrogens with one attached hydrogen (secondary N) is 5. The first-order chi connectivity index (χ1) is 65.9. The minimum absolute atomic E-state index is 0.0126. The number of hydrogen-bond donors (Lipinski definition) is 9. The lowest BCUT2D eigenvalue weighted by Crippen LogP contribution is -2.52. The van der Waals surface area contributed by atoms with Gasteiger partial charge in [0.2, 0.25) is 65.0 Å². The van der Waals surface area contributed by atoms with Crippen LogP contribution in [-0.4, -0.2) is 157 Å². The molecule has 0 aliphatic heterocycles. The summed E-state index contributed by atoms with van der Waals surface area (Å²) >= 11 is 5.71. The largest absolute Gasteiger partial charge is 0.474 e. The van der Waals surface area contributed by atoms with E-state index in [0.29, 0.717) is 28.2 Å². The third kappa shape index (κ3) is 28.3. The zero-order valence-corrected chi connectivity index (χ0v) is 82.3. The van der Waals surface area contributed by atoms with Gasteiger partial charge in [-0.1, -0.05) is 28.2 Å². The molecule has 0 fully saturated rings. The summed E-state index contributed by atoms with van der Waals surface area (Å²) in [4.78, 5) is 58.1. The summed E-state index contributed by atoms with van der Waals surface area (Å²) < 4.78 is 190. The number of nitrogens with two attached hydrogens (primary N) is 3. The molecule has 17 rings (SSSR count). The molecule has 0 radical (unpaired) electrons. The number of hydrogen-bond acceptors (Lipinski definition) is 39. The second-order valence-corrected chi connectivity index (χ2v) is 42.5. The van der Waals surface area contributed by atoms with Crippen LogP contribution in [0.15, 0.2) is 188 Å². The fourth-order valence-corrected chi connectivity index (χ4v) is 18.4. The monoisotopic (exact) mass is 2080 g/mol. The molecule has 13 heterocycles. The van der Waals surface area contributed by atoms with Gasteiger partial charge in [-0.2, -0.15) is 61.7 Å². The summed E-state index contributed by atoms with van der Waals surface area (Å²) in [6.45, 7) is 16.3. The molecule has 55 heteroatoms. The number of anilines is 1. The van der Waals surface area contributed by atoms with Gasteiger partial charge in [-0.05, 0) is 189 Å². The Balaban J connectivity index is 0.000000149. The maximum atomic E-state index is 13.1. The highest BCUT2D eigenvalue weighted by atomic mass is 32.2. The normalized spacial score (nSPS) is 13.0. The number of thiazole rings is 4. The van der Waals surface area contributed by atoms with E-state index in [4.69, 9.17) is 43.2 Å². The SMILES string of the molecule is CC(O)(c1nnc(CNS(N)(=O)=O)o1)c1nc2ccc(-c3ccc(F)nc3)cc2s1.CC(c1nnc(CN)o1)c1nc2ccc(-c3ccc(F)nc3)cc2s1.CC(c1nnc(CNS(=O)(=O)NC(=O)OC(C)(C)C)o1)c1nc2ccc(-c3ccc(F)nc3)cc2s1.CC(c1nnc(CNS(N)(=O)=O)o1)c1nc2ccc(-c3ccc(F)nc3)cc2s1.CN(C)c1cc[n+](S(=O)(=O)NC(=O)OC(C)(C)C)cc1. The lowest BCUT2D eigenvalue weighted by atomic mass is 10.1. The molecule has 140 heavy (non-hydrogen) atoms. The van der Waals surface area contributed by atoms with Crippen LogP contribution < -0.4 is 48.5 Å². The zero-order valence-electron chi connectivity index (χ0n) is 75.8. The Bertz CT molecular complexity index is 7760. The summed E-state index contributed by atoms with van der Waals surface area (Å²) in [5, 5.41) is 54.5. The fraction of sp³-hybridized carbons (Fsp3) is 0.259. The summed E-state index contributed by atoms with van der Waals surface area (Å²) in [5.41, 5.74) is 12.9. The van der Waals surface area contributed by atoms with Gasteiger partial charge in [0.05, 0.1) is 84.8 Å². The lowest BCUT2D eigenvalue weighted by Gasteiger charge is -2.19. The summed E-state index contributed by atoms with van der Waals surface area (Å²) in [7, 11) is -12.3. The average molecular weight is 2080 g/mol. The second kappa shape index (κ2) is 43.4. The van der Waals surface area contributed by atoms with Gasteiger partial charge in [0.25, 0.3) is 26.3 Å². The highest BCUT2D eigenvalue weighted by Crippen LogP contribution is 2.40. The topological polar surface area (TPSA) is 614 Å². The number of benzene rings is 4. The van der Waals surface area contributed by atoms with Crippen molar-refractivity contribution >= 4 is 145 Å². The van der Waals surface area contributed by atoms with E-state index in [2.05, 4.69) is 90.1 Å². The van der Waals surface area contributed by atoms with Gasteiger partial charge in [0, 0.05) is 79.0 Å². The first-order valence-electron chi connectivity index (χ1n) is 41.3. The molecule has 0 saturated heterocycles. The lowest BCUT2D eigenvalue weighted by molar-refractivity contribution is -0.512. The van der Waals surface area contributed by atoms with Crippen LogP contribution in [-0.2, 0) is 82.1 Å². The molecule has 734 valence electrons. The predicted octanol–water partition coefficient (Wildman–Crippen LogP) is 11.8. The van der Waals surface area contributed by atoms with Crippen molar-refractivity contribution in [2.45, 2.75) is 130 Å². The van der Waals surface area contributed by atoms with Crippen molar-refractivity contribution in [3.63, 3.8) is 0 Å². The highest BCUT2D eigenvalue weighted by Gasteiger charge is 2.37. The van der Waals surface area contributed by atoms with Gasteiger partial charge in [-0.15, -0.1) is 94.6 Å². The number of aromatic nitrogens is 17. The third-order valence-electron chi connectivity index (χ3n) is 19.1. The number of amides is 2. The van der Waals surface area contributed by atoms with Gasteiger partial charge in [-0.3, -0.25) is 0 Å². The molecule has 4 unspecified atom stereocenters. The number of carbonyl (C=O) groups excluding carboxylic acids is 2. The molecule has 2 amide bonds. The summed E-state index contributed by atoms with van der Waals surface area (Å²) in [6, 6.07) is 38.0. The first-order valence-corrected chi connectivity index (χ1v) is 50.5. The Hall–Kier alpha value is -13.7. The number of aliphatic hydroxyl groups is 1. The van der Waals surface area contributed by atoms with E-state index >= 15 is 0 Å². The smallest absolute Gasteiger partial charge is 0.443 e. The maximum absolute atomic E-state index is 13.1. The predicted molar refractivity (Wildman–Crippen MR) is 507 cm³/mol. The number of carbonyl (C=O) groups is 2. The highest BCUT2D eigenvalue weighted by molar-refractivity contribution is 7.88. The molecule has 0 bridgehead atoms. The van der Waals surface area contributed by atoms with Crippen molar-refractivity contribution in [1.82, 2.24) is 104 Å². The van der Waals surface area contributed by atoms with Crippen LogP contribution >= 0.6 is 45.3 Å². The van der Waals surface area contributed by atoms with Crippen LogP contribution in [0.4, 0.5) is 32.8 Å². The van der Waals surface area contributed by atoms with Gasteiger partial charge < -0.3 is 42.9 Å². The van der Waals surface area contributed by atoms with Crippen LogP contribution in [0.25, 0.3) is 85.4 Å². The molecule has 13 aromatic heterocycles. The molecule has 43 nitrogen and oxygen atoms in total. The third-order valence-corrected chi connectivity index (χ3v) is 27.2.